The van der Waals surface area contributed by atoms with Crippen LogP contribution in [0.5, 0.6) is 11.5 Å². The van der Waals surface area contributed by atoms with E-state index in [0.717, 1.165) is 10.5 Å². The highest BCUT2D eigenvalue weighted by Crippen LogP contribution is 2.40. The van der Waals surface area contributed by atoms with Gasteiger partial charge in [-0.15, -0.1) is 0 Å². The van der Waals surface area contributed by atoms with Crippen molar-refractivity contribution in [1.82, 2.24) is 4.90 Å². The van der Waals surface area contributed by atoms with Crippen molar-refractivity contribution in [3.63, 3.8) is 0 Å². The van der Waals surface area contributed by atoms with Gasteiger partial charge in [-0.3, -0.25) is 19.3 Å². The molecule has 4 rings (SSSR count). The Morgan fingerprint density at radius 2 is 1.74 bits per heavy atom. The molecule has 3 aromatic rings. The second-order valence-electron chi connectivity index (χ2n) is 8.80. The Bertz CT molecular complexity index is 1650. The molecule has 0 saturated carbocycles. The smallest absolute Gasteiger partial charge is 0.339 e. The maximum Gasteiger partial charge on any atom is 0.339 e. The molecule has 0 atom stereocenters. The van der Waals surface area contributed by atoms with Crippen LogP contribution in [0.1, 0.15) is 28.4 Å². The van der Waals surface area contributed by atoms with E-state index in [2.05, 4.69) is 26.0 Å². The number of esters is 1. The Morgan fingerprint density at radius 1 is 1.00 bits per heavy atom. The molecule has 1 fully saturated rings. The maximum absolute atomic E-state index is 13.1. The maximum atomic E-state index is 13.1. The number of benzene rings is 3. The van der Waals surface area contributed by atoms with Crippen molar-refractivity contribution in [3.8, 4) is 11.5 Å². The molecule has 43 heavy (non-hydrogen) atoms. The summed E-state index contributed by atoms with van der Waals surface area (Å²) >= 11 is 22.3. The number of amides is 3. The van der Waals surface area contributed by atoms with Crippen molar-refractivity contribution in [2.45, 2.75) is 13.5 Å². The van der Waals surface area contributed by atoms with Gasteiger partial charge in [-0.25, -0.2) is 4.79 Å². The minimum Gasteiger partial charge on any atom is -0.490 e. The molecule has 0 aromatic heterocycles. The summed E-state index contributed by atoms with van der Waals surface area (Å²) in [5.41, 5.74) is 1.65. The van der Waals surface area contributed by atoms with E-state index in [9.17, 15) is 19.2 Å². The van der Waals surface area contributed by atoms with Crippen LogP contribution in [0.3, 0.4) is 0 Å². The van der Waals surface area contributed by atoms with Gasteiger partial charge in [0.05, 0.1) is 43.7 Å². The Morgan fingerprint density at radius 3 is 2.44 bits per heavy atom. The zero-order valence-corrected chi connectivity index (χ0v) is 27.2. The fraction of sp³-hybridized carbons (Fsp3) is 0.172. The Labute approximate surface area is 274 Å². The van der Waals surface area contributed by atoms with Crippen LogP contribution >= 0.6 is 62.5 Å². The summed E-state index contributed by atoms with van der Waals surface area (Å²) in [6.07, 6.45) is 1.53. The molecule has 0 bridgehead atoms. The molecule has 3 aromatic carbocycles. The molecule has 0 spiro atoms. The van der Waals surface area contributed by atoms with Gasteiger partial charge in [0.25, 0.3) is 11.1 Å². The minimum atomic E-state index is -0.678. The number of anilines is 1. The number of imide groups is 1. The summed E-state index contributed by atoms with van der Waals surface area (Å²) in [4.78, 5) is 51.2. The van der Waals surface area contributed by atoms with E-state index in [4.69, 9.17) is 44.3 Å². The first kappa shape index (κ1) is 32.7. The van der Waals surface area contributed by atoms with E-state index < -0.39 is 29.6 Å². The monoisotopic (exact) mass is 726 g/mol. The number of thioether (sulfide) groups is 1. The van der Waals surface area contributed by atoms with Crippen molar-refractivity contribution >= 4 is 97.3 Å². The quantitative estimate of drug-likeness (QED) is 0.166. The molecule has 0 unspecified atom stereocenters. The van der Waals surface area contributed by atoms with Crippen molar-refractivity contribution in [2.24, 2.45) is 0 Å². The number of carbonyl (C=O) groups is 4. The first-order valence-corrected chi connectivity index (χ1v) is 15.2. The molecule has 14 heteroatoms. The zero-order chi connectivity index (χ0) is 31.3. The standard InChI is InChI=1S/C29H22BrCl3N2O7S/c1-3-41-23-10-16(8-19(30)26(23)42-14-15-4-6-21(32)22(33)9-15)11-24-27(37)35(29(39)43-24)13-25(36)34-17-5-7-20(31)18(12-17)28(38)40-2/h4-12H,3,13-14H2,1-2H3,(H,34,36)/b24-11+. The number of hydrogen-bond donors (Lipinski definition) is 1. The number of halogens is 4. The molecule has 1 heterocycles. The minimum absolute atomic E-state index is 0.0550. The third kappa shape index (κ3) is 8.04. The van der Waals surface area contributed by atoms with Crippen molar-refractivity contribution in [1.29, 1.82) is 0 Å². The number of hydrogen-bond acceptors (Lipinski definition) is 8. The summed E-state index contributed by atoms with van der Waals surface area (Å²) in [6, 6.07) is 12.8. The molecule has 0 aliphatic carbocycles. The number of ether oxygens (including phenoxy) is 3. The second kappa shape index (κ2) is 14.5. The number of rotatable bonds is 10. The predicted molar refractivity (Wildman–Crippen MR) is 170 cm³/mol. The molecule has 1 aliphatic heterocycles. The van der Waals surface area contributed by atoms with Crippen LogP contribution in [0.2, 0.25) is 15.1 Å². The van der Waals surface area contributed by atoms with Gasteiger partial charge >= 0.3 is 5.97 Å². The lowest BCUT2D eigenvalue weighted by molar-refractivity contribution is -0.127. The Kier molecular flexibility index (Phi) is 11.0. The molecular formula is C29H22BrCl3N2O7S. The highest BCUT2D eigenvalue weighted by atomic mass is 79.9. The topological polar surface area (TPSA) is 111 Å². The van der Waals surface area contributed by atoms with Gasteiger partial charge in [0.15, 0.2) is 11.5 Å². The van der Waals surface area contributed by atoms with Crippen LogP contribution in [0.25, 0.3) is 6.08 Å². The molecule has 9 nitrogen and oxygen atoms in total. The number of carbonyl (C=O) groups excluding carboxylic acids is 4. The second-order valence-corrected chi connectivity index (χ2v) is 11.9. The van der Waals surface area contributed by atoms with Gasteiger partial charge in [0.2, 0.25) is 5.91 Å². The van der Waals surface area contributed by atoms with Crippen LogP contribution in [-0.4, -0.2) is 48.2 Å². The van der Waals surface area contributed by atoms with Gasteiger partial charge in [-0.05, 0) is 94.3 Å². The van der Waals surface area contributed by atoms with E-state index in [1.807, 2.05) is 6.92 Å². The average molecular weight is 729 g/mol. The third-order valence-electron chi connectivity index (χ3n) is 5.83. The first-order valence-electron chi connectivity index (χ1n) is 12.5. The molecule has 224 valence electrons. The van der Waals surface area contributed by atoms with Crippen LogP contribution in [-0.2, 0) is 20.9 Å². The zero-order valence-electron chi connectivity index (χ0n) is 22.5. The van der Waals surface area contributed by atoms with E-state index in [1.165, 1.54) is 31.4 Å². The lowest BCUT2D eigenvalue weighted by Gasteiger charge is -2.15. The highest BCUT2D eigenvalue weighted by Gasteiger charge is 2.36. The van der Waals surface area contributed by atoms with Gasteiger partial charge in [0, 0.05) is 5.69 Å². The first-order chi connectivity index (χ1) is 20.5. The fourth-order valence-corrected chi connectivity index (χ4v) is 5.79. The summed E-state index contributed by atoms with van der Waals surface area (Å²) in [7, 11) is 1.20. The van der Waals surface area contributed by atoms with Crippen LogP contribution < -0.4 is 14.8 Å². The molecule has 1 saturated heterocycles. The summed E-state index contributed by atoms with van der Waals surface area (Å²) in [5, 5.41) is 2.94. The van der Waals surface area contributed by atoms with Crippen molar-refractivity contribution < 1.29 is 33.4 Å². The van der Waals surface area contributed by atoms with E-state index in [-0.39, 0.29) is 27.8 Å². The summed E-state index contributed by atoms with van der Waals surface area (Å²) in [5.74, 6) is -1.11. The fourth-order valence-electron chi connectivity index (χ4n) is 3.86. The number of nitrogens with one attached hydrogen (secondary N) is 1. The molecule has 3 amide bonds. The van der Waals surface area contributed by atoms with E-state index in [0.29, 0.717) is 49.9 Å². The SMILES string of the molecule is CCOc1cc(/C=C2/SC(=O)N(CC(=O)Nc3ccc(Cl)c(C(=O)OC)c3)C2=O)cc(Br)c1OCc1ccc(Cl)c(Cl)c1. The molecule has 1 N–H and O–H groups in total. The number of nitrogens with zero attached hydrogens (tertiary/aromatic N) is 1. The van der Waals surface area contributed by atoms with Gasteiger partial charge in [0.1, 0.15) is 13.2 Å². The lowest BCUT2D eigenvalue weighted by Crippen LogP contribution is -2.36. The average Bonchev–Trinajstić information content (AvgIpc) is 3.22. The van der Waals surface area contributed by atoms with E-state index in [1.54, 1.807) is 30.3 Å². The van der Waals surface area contributed by atoms with Gasteiger partial charge in [-0.1, -0.05) is 40.9 Å². The highest BCUT2D eigenvalue weighted by molar-refractivity contribution is 9.10. The predicted octanol–water partition coefficient (Wildman–Crippen LogP) is 7.85. The lowest BCUT2D eigenvalue weighted by atomic mass is 10.1. The normalized spacial score (nSPS) is 13.8. The van der Waals surface area contributed by atoms with Gasteiger partial charge < -0.3 is 19.5 Å². The van der Waals surface area contributed by atoms with E-state index >= 15 is 0 Å². The van der Waals surface area contributed by atoms with Crippen LogP contribution in [0.15, 0.2) is 57.9 Å². The Balaban J connectivity index is 1.48. The largest absolute Gasteiger partial charge is 0.490 e. The van der Waals surface area contributed by atoms with Crippen molar-refractivity contribution in [2.75, 3.05) is 25.6 Å². The molecular weight excluding hydrogens is 707 g/mol. The molecule has 1 aliphatic rings. The van der Waals surface area contributed by atoms with Crippen LogP contribution in [0.4, 0.5) is 10.5 Å². The van der Waals surface area contributed by atoms with Gasteiger partial charge in [-0.2, -0.15) is 0 Å². The third-order valence-corrected chi connectivity index (χ3v) is 8.39. The van der Waals surface area contributed by atoms with Crippen LogP contribution in [0, 0.1) is 0 Å². The number of methoxy groups -OCH3 is 1. The summed E-state index contributed by atoms with van der Waals surface area (Å²) in [6.45, 7) is 1.82. The van der Waals surface area contributed by atoms with Crippen molar-refractivity contribution in [3.05, 3.63) is 89.7 Å². The molecule has 0 radical (unpaired) electrons. The summed E-state index contributed by atoms with van der Waals surface area (Å²) < 4.78 is 17.0. The Hall–Kier alpha value is -3.22.